The predicted octanol–water partition coefficient (Wildman–Crippen LogP) is 0.849. The molecule has 0 aliphatic carbocycles. The second-order valence-corrected chi connectivity index (χ2v) is 7.08. The summed E-state index contributed by atoms with van der Waals surface area (Å²) in [6.45, 7) is 11.3. The highest BCUT2D eigenvalue weighted by atomic mass is 16.5. The Labute approximate surface area is 129 Å². The Hall–Kier alpha value is -1.06. The first-order chi connectivity index (χ1) is 9.95. The zero-order valence-electron chi connectivity index (χ0n) is 14.2. The van der Waals surface area contributed by atoms with E-state index in [1.807, 2.05) is 0 Å². The van der Waals surface area contributed by atoms with E-state index in [1.54, 1.807) is 4.90 Å². The van der Waals surface area contributed by atoms with E-state index in [-0.39, 0.29) is 6.10 Å². The molecule has 1 aromatic carbocycles. The third-order valence-corrected chi connectivity index (χ3v) is 4.79. The van der Waals surface area contributed by atoms with E-state index in [0.717, 1.165) is 30.3 Å². The third kappa shape index (κ3) is 4.72. The quantitative estimate of drug-likeness (QED) is 0.828. The number of ether oxygens (including phenoxy) is 1. The highest BCUT2D eigenvalue weighted by Gasteiger charge is 2.34. The molecule has 3 nitrogen and oxygen atoms in total. The Morgan fingerprint density at radius 3 is 2.52 bits per heavy atom. The van der Waals surface area contributed by atoms with Crippen LogP contribution >= 0.6 is 0 Å². The summed E-state index contributed by atoms with van der Waals surface area (Å²) in [5, 5.41) is 2.53. The standard InChI is InChI=1S/C18H30N2O/c1-13(2)21-17-8-6-16(7-9-17)11-19-18-10-15(4)20(5)12-14(18)3/h6-9,13-15,18-19H,10-12H2,1-5H3/p+2/t14-,15+,18-/m1/s1. The van der Waals surface area contributed by atoms with Crippen LogP contribution in [0.3, 0.4) is 0 Å². The molecule has 0 amide bonds. The summed E-state index contributed by atoms with van der Waals surface area (Å²) in [4.78, 5) is 1.68. The summed E-state index contributed by atoms with van der Waals surface area (Å²) in [6, 6.07) is 10.1. The molecule has 1 heterocycles. The lowest BCUT2D eigenvalue weighted by Crippen LogP contribution is -3.16. The summed E-state index contributed by atoms with van der Waals surface area (Å²) in [6.07, 6.45) is 1.56. The van der Waals surface area contributed by atoms with Crippen LogP contribution in [0.15, 0.2) is 24.3 Å². The monoisotopic (exact) mass is 292 g/mol. The molecule has 1 aromatic rings. The molecule has 1 fully saturated rings. The molecule has 1 saturated heterocycles. The molecule has 4 atom stereocenters. The summed E-state index contributed by atoms with van der Waals surface area (Å²) in [5.41, 5.74) is 1.39. The summed E-state index contributed by atoms with van der Waals surface area (Å²) in [5.74, 6) is 1.77. The molecule has 0 bridgehead atoms. The zero-order valence-corrected chi connectivity index (χ0v) is 14.2. The molecule has 3 heteroatoms. The van der Waals surface area contributed by atoms with Crippen molar-refractivity contribution < 1.29 is 15.0 Å². The van der Waals surface area contributed by atoms with Gasteiger partial charge in [0.1, 0.15) is 12.3 Å². The molecule has 1 aliphatic heterocycles. The fourth-order valence-electron chi connectivity index (χ4n) is 3.29. The minimum atomic E-state index is 0.242. The van der Waals surface area contributed by atoms with E-state index >= 15 is 0 Å². The summed E-state index contributed by atoms with van der Waals surface area (Å²) >= 11 is 0. The minimum absolute atomic E-state index is 0.242. The highest BCUT2D eigenvalue weighted by Crippen LogP contribution is 2.13. The average Bonchev–Trinajstić information content (AvgIpc) is 2.42. The van der Waals surface area contributed by atoms with Crippen molar-refractivity contribution in [1.29, 1.82) is 0 Å². The van der Waals surface area contributed by atoms with Crippen LogP contribution < -0.4 is 15.0 Å². The van der Waals surface area contributed by atoms with Crippen LogP contribution in [-0.4, -0.2) is 31.8 Å². The molecule has 0 radical (unpaired) electrons. The topological polar surface area (TPSA) is 30.3 Å². The largest absolute Gasteiger partial charge is 0.491 e. The van der Waals surface area contributed by atoms with Gasteiger partial charge in [0.25, 0.3) is 0 Å². The van der Waals surface area contributed by atoms with Crippen molar-refractivity contribution in [2.75, 3.05) is 13.6 Å². The first-order valence-electron chi connectivity index (χ1n) is 8.37. The molecule has 3 N–H and O–H groups in total. The Bertz CT molecular complexity index is 429. The third-order valence-electron chi connectivity index (χ3n) is 4.79. The molecule has 0 aromatic heterocycles. The zero-order chi connectivity index (χ0) is 15.4. The SMILES string of the molecule is CC(C)Oc1ccc(C[NH2+][C@@H]2C[C@H](C)[NH+](C)C[C@H]2C)cc1. The molecule has 118 valence electrons. The second kappa shape index (κ2) is 7.28. The van der Waals surface area contributed by atoms with Gasteiger partial charge in [-0.05, 0) is 45.0 Å². The van der Waals surface area contributed by atoms with Crippen LogP contribution in [-0.2, 0) is 6.54 Å². The number of benzene rings is 1. The summed E-state index contributed by atoms with van der Waals surface area (Å²) < 4.78 is 5.69. The van der Waals surface area contributed by atoms with E-state index < -0.39 is 0 Å². The Balaban J connectivity index is 1.85. The molecule has 0 saturated carbocycles. The van der Waals surface area contributed by atoms with Gasteiger partial charge in [-0.2, -0.15) is 0 Å². The van der Waals surface area contributed by atoms with Gasteiger partial charge in [0, 0.05) is 5.56 Å². The van der Waals surface area contributed by atoms with Crippen molar-refractivity contribution in [3.05, 3.63) is 29.8 Å². The number of likely N-dealkylation sites (tertiary alicyclic amines) is 1. The average molecular weight is 292 g/mol. The number of rotatable bonds is 5. The van der Waals surface area contributed by atoms with Gasteiger partial charge in [0.15, 0.2) is 0 Å². The lowest BCUT2D eigenvalue weighted by molar-refractivity contribution is -0.923. The van der Waals surface area contributed by atoms with Crippen LogP contribution in [0.1, 0.15) is 39.7 Å². The summed E-state index contributed by atoms with van der Waals surface area (Å²) in [7, 11) is 2.32. The van der Waals surface area contributed by atoms with Crippen molar-refractivity contribution in [2.45, 2.75) is 58.8 Å². The lowest BCUT2D eigenvalue weighted by atomic mass is 9.90. The maximum atomic E-state index is 5.69. The van der Waals surface area contributed by atoms with Crippen molar-refractivity contribution in [1.82, 2.24) is 0 Å². The smallest absolute Gasteiger partial charge is 0.119 e. The van der Waals surface area contributed by atoms with Gasteiger partial charge in [0.2, 0.25) is 0 Å². The molecule has 2 rings (SSSR count). The number of piperidine rings is 1. The molecular formula is C18H32N2O+2. The lowest BCUT2D eigenvalue weighted by Gasteiger charge is -2.35. The first kappa shape index (κ1) is 16.3. The Kier molecular flexibility index (Phi) is 5.65. The normalized spacial score (nSPS) is 29.6. The van der Waals surface area contributed by atoms with Gasteiger partial charge in [-0.3, -0.25) is 0 Å². The van der Waals surface area contributed by atoms with Crippen molar-refractivity contribution >= 4 is 0 Å². The predicted molar refractivity (Wildman–Crippen MR) is 86.6 cm³/mol. The number of nitrogens with two attached hydrogens (primary N) is 1. The van der Waals surface area contributed by atoms with Crippen LogP contribution in [0.25, 0.3) is 0 Å². The van der Waals surface area contributed by atoms with Gasteiger partial charge in [-0.25, -0.2) is 0 Å². The van der Waals surface area contributed by atoms with E-state index in [2.05, 4.69) is 64.3 Å². The van der Waals surface area contributed by atoms with Gasteiger partial charge >= 0.3 is 0 Å². The van der Waals surface area contributed by atoms with Gasteiger partial charge in [-0.15, -0.1) is 0 Å². The minimum Gasteiger partial charge on any atom is -0.491 e. The van der Waals surface area contributed by atoms with Crippen molar-refractivity contribution in [3.63, 3.8) is 0 Å². The van der Waals surface area contributed by atoms with Gasteiger partial charge < -0.3 is 15.0 Å². The highest BCUT2D eigenvalue weighted by molar-refractivity contribution is 5.26. The second-order valence-electron chi connectivity index (χ2n) is 7.08. The van der Waals surface area contributed by atoms with E-state index in [0.29, 0.717) is 0 Å². The number of quaternary nitrogens is 2. The number of hydrogen-bond acceptors (Lipinski definition) is 1. The van der Waals surface area contributed by atoms with E-state index in [1.165, 1.54) is 18.5 Å². The van der Waals surface area contributed by atoms with Crippen LogP contribution in [0.4, 0.5) is 0 Å². The van der Waals surface area contributed by atoms with Crippen molar-refractivity contribution in [2.24, 2.45) is 5.92 Å². The van der Waals surface area contributed by atoms with Crippen LogP contribution in [0.2, 0.25) is 0 Å². The maximum absolute atomic E-state index is 5.69. The molecule has 0 spiro atoms. The fourth-order valence-corrected chi connectivity index (χ4v) is 3.29. The number of hydrogen-bond donors (Lipinski definition) is 2. The number of nitrogens with one attached hydrogen (secondary N) is 1. The molecule has 21 heavy (non-hydrogen) atoms. The fraction of sp³-hybridized carbons (Fsp3) is 0.667. The van der Waals surface area contributed by atoms with Gasteiger partial charge in [-0.1, -0.05) is 6.92 Å². The van der Waals surface area contributed by atoms with Crippen LogP contribution in [0.5, 0.6) is 5.75 Å². The van der Waals surface area contributed by atoms with Crippen molar-refractivity contribution in [3.8, 4) is 5.75 Å². The van der Waals surface area contributed by atoms with E-state index in [9.17, 15) is 0 Å². The van der Waals surface area contributed by atoms with Crippen LogP contribution in [0, 0.1) is 5.92 Å². The molecule has 1 aliphatic rings. The Morgan fingerprint density at radius 2 is 1.90 bits per heavy atom. The van der Waals surface area contributed by atoms with Gasteiger partial charge in [0.05, 0.1) is 44.1 Å². The first-order valence-corrected chi connectivity index (χ1v) is 8.37. The Morgan fingerprint density at radius 1 is 1.24 bits per heavy atom. The van der Waals surface area contributed by atoms with E-state index in [4.69, 9.17) is 4.74 Å². The molecule has 1 unspecified atom stereocenters. The molecular weight excluding hydrogens is 260 g/mol. The maximum Gasteiger partial charge on any atom is 0.119 e.